The summed E-state index contributed by atoms with van der Waals surface area (Å²) >= 11 is 39.3. The zero-order valence-corrected chi connectivity index (χ0v) is 15.0. The minimum Gasteiger partial charge on any atom is -0.386 e. The fraction of sp³-hybridized carbons (Fsp3) is 0.538. The molecule has 1 heterocycles. The first-order valence-corrected chi connectivity index (χ1v) is 8.75. The lowest BCUT2D eigenvalue weighted by atomic mass is 9.73. The molecule has 0 aromatic rings. The predicted molar refractivity (Wildman–Crippen MR) is 85.5 cm³/mol. The van der Waals surface area contributed by atoms with Crippen LogP contribution >= 0.6 is 69.6 Å². The molecule has 6 atom stereocenters. The molecule has 0 saturated heterocycles. The molecule has 6 unspecified atom stereocenters. The van der Waals surface area contributed by atoms with Gasteiger partial charge in [-0.2, -0.15) is 0 Å². The Labute approximate surface area is 155 Å². The normalized spacial score (nSPS) is 52.6. The van der Waals surface area contributed by atoms with E-state index in [2.05, 4.69) is 4.74 Å². The third kappa shape index (κ3) is 1.42. The second kappa shape index (κ2) is 4.30. The molecule has 1 aliphatic heterocycles. The minimum atomic E-state index is -1.42. The zero-order valence-electron chi connectivity index (χ0n) is 10.5. The number of allylic oxidation sites excluding steroid dienone is 1. The molecule has 0 spiro atoms. The maximum absolute atomic E-state index is 11.9. The largest absolute Gasteiger partial charge is 0.386 e. The number of cyclic esters (lactones) is 2. The van der Waals surface area contributed by atoms with Gasteiger partial charge in [0.15, 0.2) is 0 Å². The van der Waals surface area contributed by atoms with Gasteiger partial charge in [0.2, 0.25) is 0 Å². The lowest BCUT2D eigenvalue weighted by Gasteiger charge is -2.48. The van der Waals surface area contributed by atoms with Crippen molar-refractivity contribution in [1.82, 2.24) is 0 Å². The summed E-state index contributed by atoms with van der Waals surface area (Å²) in [5, 5.41) is -2.53. The van der Waals surface area contributed by atoms with Crippen molar-refractivity contribution < 1.29 is 14.3 Å². The van der Waals surface area contributed by atoms with Gasteiger partial charge in [-0.1, -0.05) is 0 Å². The highest BCUT2D eigenvalue weighted by Gasteiger charge is 2.80. The van der Waals surface area contributed by atoms with Crippen LogP contribution in [0.15, 0.2) is 22.8 Å². The molecular formula is C13H6Cl6O3. The van der Waals surface area contributed by atoms with Crippen LogP contribution in [0, 0.1) is 0 Å². The first-order valence-electron chi connectivity index (χ1n) is 6.31. The van der Waals surface area contributed by atoms with Gasteiger partial charge in [0.05, 0.1) is 37.0 Å². The lowest BCUT2D eigenvalue weighted by Crippen LogP contribution is -2.61. The van der Waals surface area contributed by atoms with Gasteiger partial charge < -0.3 is 4.74 Å². The zero-order chi connectivity index (χ0) is 16.2. The standard InChI is InChI=1S/C13H6Cl6O3/c14-6-5-3(9(20)22-10(5)21)1-4-11(17)2-12(18,13(4,6)19)8(16)7(11)15/h1,6-8H,2H2. The molecule has 0 N–H and O–H groups in total. The Hall–Kier alpha value is 0.360. The molecule has 4 rings (SSSR count). The van der Waals surface area contributed by atoms with Crippen molar-refractivity contribution in [1.29, 1.82) is 0 Å². The Bertz CT molecular complexity index is 717. The smallest absolute Gasteiger partial charge is 0.346 e. The van der Waals surface area contributed by atoms with E-state index in [-0.39, 0.29) is 17.6 Å². The Balaban J connectivity index is 2.01. The molecule has 0 aromatic carbocycles. The average Bonchev–Trinajstić information content (AvgIpc) is 2.90. The van der Waals surface area contributed by atoms with E-state index in [0.717, 1.165) is 0 Å². The van der Waals surface area contributed by atoms with Gasteiger partial charge in [0.1, 0.15) is 4.87 Å². The number of ether oxygens (including phenoxy) is 1. The average molecular weight is 423 g/mol. The van der Waals surface area contributed by atoms with Crippen LogP contribution in [-0.2, 0) is 14.3 Å². The maximum atomic E-state index is 11.9. The van der Waals surface area contributed by atoms with Crippen LogP contribution in [-0.4, -0.2) is 42.7 Å². The highest BCUT2D eigenvalue weighted by Crippen LogP contribution is 2.73. The van der Waals surface area contributed by atoms with Crippen LogP contribution < -0.4 is 0 Å². The first kappa shape index (κ1) is 15.9. The third-order valence-electron chi connectivity index (χ3n) is 4.90. The number of hydrogen-bond donors (Lipinski definition) is 0. The second-order valence-corrected chi connectivity index (χ2v) is 9.16. The molecule has 22 heavy (non-hydrogen) atoms. The van der Waals surface area contributed by atoms with Crippen LogP contribution in [0.2, 0.25) is 0 Å². The monoisotopic (exact) mass is 420 g/mol. The van der Waals surface area contributed by atoms with Crippen molar-refractivity contribution in [3.8, 4) is 0 Å². The van der Waals surface area contributed by atoms with E-state index >= 15 is 0 Å². The van der Waals surface area contributed by atoms with Gasteiger partial charge in [-0.3, -0.25) is 0 Å². The van der Waals surface area contributed by atoms with E-state index in [9.17, 15) is 9.59 Å². The van der Waals surface area contributed by atoms with Crippen molar-refractivity contribution in [2.75, 3.05) is 0 Å². The van der Waals surface area contributed by atoms with E-state index in [0.29, 0.717) is 5.57 Å². The molecule has 2 fully saturated rings. The van der Waals surface area contributed by atoms with Crippen molar-refractivity contribution >= 4 is 81.5 Å². The molecule has 0 amide bonds. The summed E-state index contributed by atoms with van der Waals surface area (Å²) in [6, 6.07) is 0. The summed E-state index contributed by atoms with van der Waals surface area (Å²) < 4.78 is 4.61. The molecule has 3 aliphatic carbocycles. The van der Waals surface area contributed by atoms with Gasteiger partial charge in [-0.15, -0.1) is 69.6 Å². The molecule has 2 bridgehead atoms. The number of esters is 2. The molecular weight excluding hydrogens is 417 g/mol. The van der Waals surface area contributed by atoms with Crippen LogP contribution in [0.3, 0.4) is 0 Å². The van der Waals surface area contributed by atoms with Crippen LogP contribution in [0.5, 0.6) is 0 Å². The van der Waals surface area contributed by atoms with Crippen LogP contribution in [0.1, 0.15) is 6.42 Å². The summed E-state index contributed by atoms with van der Waals surface area (Å²) in [6.45, 7) is 0. The molecule has 4 aliphatic rings. The number of alkyl halides is 6. The SMILES string of the molecule is O=C1OC(=O)C2=C1C=C1C3(Cl)CC(Cl)(C(Cl)C3Cl)C1(Cl)C2Cl. The van der Waals surface area contributed by atoms with Crippen LogP contribution in [0.4, 0.5) is 0 Å². The third-order valence-corrected chi connectivity index (χ3v) is 9.25. The Morgan fingerprint density at radius 2 is 1.68 bits per heavy atom. The molecule has 0 aromatic heterocycles. The number of halogens is 6. The molecule has 9 heteroatoms. The van der Waals surface area contributed by atoms with E-state index in [1.165, 1.54) is 6.08 Å². The van der Waals surface area contributed by atoms with Gasteiger partial charge in [0.25, 0.3) is 0 Å². The summed E-state index contributed by atoms with van der Waals surface area (Å²) in [4.78, 5) is 19.9. The highest BCUT2D eigenvalue weighted by molar-refractivity contribution is 6.52. The summed E-state index contributed by atoms with van der Waals surface area (Å²) in [5.74, 6) is -1.60. The summed E-state index contributed by atoms with van der Waals surface area (Å²) in [6.07, 6.45) is 1.62. The molecule has 118 valence electrons. The van der Waals surface area contributed by atoms with Crippen LogP contribution in [0.25, 0.3) is 0 Å². The Kier molecular flexibility index (Phi) is 3.10. The van der Waals surface area contributed by atoms with Gasteiger partial charge >= 0.3 is 11.9 Å². The fourth-order valence-corrected chi connectivity index (χ4v) is 7.19. The summed E-state index contributed by atoms with van der Waals surface area (Å²) in [5.41, 5.74) is 0.466. The summed E-state index contributed by atoms with van der Waals surface area (Å²) in [7, 11) is 0. The molecule has 0 radical (unpaired) electrons. The lowest BCUT2D eigenvalue weighted by molar-refractivity contribution is -0.151. The number of carbonyl (C=O) groups excluding carboxylic acids is 2. The van der Waals surface area contributed by atoms with Crippen molar-refractivity contribution in [2.24, 2.45) is 0 Å². The van der Waals surface area contributed by atoms with Gasteiger partial charge in [-0.25, -0.2) is 9.59 Å². The van der Waals surface area contributed by atoms with E-state index in [1.807, 2.05) is 0 Å². The predicted octanol–water partition coefficient (Wildman–Crippen LogP) is 3.48. The van der Waals surface area contributed by atoms with E-state index in [4.69, 9.17) is 69.6 Å². The van der Waals surface area contributed by atoms with Crippen molar-refractivity contribution in [3.63, 3.8) is 0 Å². The van der Waals surface area contributed by atoms with E-state index in [1.54, 1.807) is 0 Å². The molecule has 2 saturated carbocycles. The minimum absolute atomic E-state index is 0.00625. The Morgan fingerprint density at radius 1 is 1.05 bits per heavy atom. The van der Waals surface area contributed by atoms with Gasteiger partial charge in [0, 0.05) is 0 Å². The number of carbonyl (C=O) groups is 2. The highest BCUT2D eigenvalue weighted by atomic mass is 35.5. The first-order chi connectivity index (χ1) is 10.1. The second-order valence-electron chi connectivity index (χ2n) is 5.84. The van der Waals surface area contributed by atoms with Gasteiger partial charge in [-0.05, 0) is 18.1 Å². The quantitative estimate of drug-likeness (QED) is 0.341. The Morgan fingerprint density at radius 3 is 2.32 bits per heavy atom. The topological polar surface area (TPSA) is 43.4 Å². The maximum Gasteiger partial charge on any atom is 0.346 e. The molecule has 3 nitrogen and oxygen atoms in total. The van der Waals surface area contributed by atoms with Crippen molar-refractivity contribution in [3.05, 3.63) is 22.8 Å². The van der Waals surface area contributed by atoms with E-state index < -0.39 is 42.7 Å². The number of fused-ring (bicyclic) bond motifs is 5. The van der Waals surface area contributed by atoms with Crippen molar-refractivity contribution in [2.45, 2.75) is 37.2 Å². The number of rotatable bonds is 0. The fourth-order valence-electron chi connectivity index (χ4n) is 3.84. The number of hydrogen-bond acceptors (Lipinski definition) is 3.